The highest BCUT2D eigenvalue weighted by Crippen LogP contribution is 2.09. The Bertz CT molecular complexity index is 588. The Kier molecular flexibility index (Phi) is 9.35. The summed E-state index contributed by atoms with van der Waals surface area (Å²) in [6.07, 6.45) is 2.43. The van der Waals surface area contributed by atoms with Gasteiger partial charge in [0.05, 0.1) is 6.10 Å². The van der Waals surface area contributed by atoms with Crippen molar-refractivity contribution < 1.29 is 5.11 Å². The van der Waals surface area contributed by atoms with E-state index in [1.54, 1.807) is 12.1 Å². The fourth-order valence-corrected chi connectivity index (χ4v) is 2.84. The number of hydrogen-bond donors (Lipinski definition) is 2. The molecule has 0 amide bonds. The predicted octanol–water partition coefficient (Wildman–Crippen LogP) is 1.59. The monoisotopic (exact) mass is 448 g/mol. The number of unbranched alkanes of at least 4 members (excludes halogenated alkanes) is 1. The maximum Gasteiger partial charge on any atom is 0.250 e. The molecule has 6 nitrogen and oxygen atoms in total. The van der Waals surface area contributed by atoms with Crippen molar-refractivity contribution in [3.05, 3.63) is 34.2 Å². The van der Waals surface area contributed by atoms with E-state index >= 15 is 0 Å². The molecule has 2 N–H and O–H groups in total. The molecule has 2 heterocycles. The average Bonchev–Trinajstić information content (AvgIpc) is 2.95. The van der Waals surface area contributed by atoms with Crippen molar-refractivity contribution in [1.82, 2.24) is 14.8 Å². The number of hydrogen-bond acceptors (Lipinski definition) is 3. The highest BCUT2D eigenvalue weighted by atomic mass is 127. The molecule has 0 spiro atoms. The van der Waals surface area contributed by atoms with Crippen LogP contribution >= 0.6 is 24.0 Å². The van der Waals surface area contributed by atoms with Crippen molar-refractivity contribution in [1.29, 1.82) is 0 Å². The molecule has 1 atom stereocenters. The number of guanidine groups is 1. The van der Waals surface area contributed by atoms with Crippen molar-refractivity contribution in [2.24, 2.45) is 4.99 Å². The summed E-state index contributed by atoms with van der Waals surface area (Å²) in [5.74, 6) is 0.886. The van der Waals surface area contributed by atoms with Crippen molar-refractivity contribution in [3.8, 4) is 0 Å². The van der Waals surface area contributed by atoms with E-state index in [9.17, 15) is 9.90 Å². The van der Waals surface area contributed by atoms with Gasteiger partial charge in [0.25, 0.3) is 5.56 Å². The molecule has 0 bridgehead atoms. The molecule has 1 aromatic heterocycles. The van der Waals surface area contributed by atoms with Crippen molar-refractivity contribution in [2.75, 3.05) is 26.2 Å². The van der Waals surface area contributed by atoms with Crippen LogP contribution in [0.1, 0.15) is 31.9 Å². The van der Waals surface area contributed by atoms with Gasteiger partial charge in [-0.2, -0.15) is 0 Å². The molecular formula is C17H29IN4O2. The molecule has 1 fully saturated rings. The van der Waals surface area contributed by atoms with E-state index in [-0.39, 0.29) is 35.6 Å². The van der Waals surface area contributed by atoms with E-state index in [1.165, 1.54) is 0 Å². The molecule has 0 radical (unpaired) electrons. The van der Waals surface area contributed by atoms with Crippen molar-refractivity contribution >= 4 is 29.9 Å². The van der Waals surface area contributed by atoms with Gasteiger partial charge in [-0.05, 0) is 39.2 Å². The second kappa shape index (κ2) is 10.7. The fourth-order valence-electron chi connectivity index (χ4n) is 2.84. The minimum Gasteiger partial charge on any atom is -0.391 e. The van der Waals surface area contributed by atoms with Crippen LogP contribution < -0.4 is 10.9 Å². The van der Waals surface area contributed by atoms with Crippen LogP contribution in [0.3, 0.4) is 0 Å². The van der Waals surface area contributed by atoms with Gasteiger partial charge in [0.2, 0.25) is 0 Å². The minimum absolute atomic E-state index is 0. The van der Waals surface area contributed by atoms with E-state index in [0.29, 0.717) is 6.54 Å². The number of nitrogens with one attached hydrogen (secondary N) is 1. The number of β-amino-alcohol motifs (C(OH)–C–C–N with tert-alkyl or cyclic N) is 1. The van der Waals surface area contributed by atoms with Gasteiger partial charge in [0, 0.05) is 44.5 Å². The molecule has 1 saturated heterocycles. The van der Waals surface area contributed by atoms with Crippen LogP contribution in [-0.2, 0) is 6.54 Å². The average molecular weight is 448 g/mol. The summed E-state index contributed by atoms with van der Waals surface area (Å²) in [4.78, 5) is 18.5. The molecule has 1 aliphatic heterocycles. The van der Waals surface area contributed by atoms with Crippen LogP contribution in [0.5, 0.6) is 0 Å². The maximum absolute atomic E-state index is 11.8. The molecule has 1 aromatic rings. The molecule has 136 valence electrons. The summed E-state index contributed by atoms with van der Waals surface area (Å²) in [5.41, 5.74) is 1.06. The molecule has 0 aliphatic carbocycles. The van der Waals surface area contributed by atoms with E-state index in [4.69, 9.17) is 0 Å². The second-order valence-electron chi connectivity index (χ2n) is 5.99. The number of aliphatic imine (C=N–C) groups is 1. The quantitative estimate of drug-likeness (QED) is 0.300. The lowest BCUT2D eigenvalue weighted by Crippen LogP contribution is -2.40. The number of aromatic nitrogens is 1. The lowest BCUT2D eigenvalue weighted by molar-refractivity contribution is 0.188. The molecular weight excluding hydrogens is 419 g/mol. The van der Waals surface area contributed by atoms with Crippen LogP contribution in [0.25, 0.3) is 0 Å². The SMILES string of the molecule is CCNC(=NCCCCn1c(C)cccc1=O)N1CC[C@@H](O)C1.I. The van der Waals surface area contributed by atoms with Crippen LogP contribution in [0.15, 0.2) is 28.0 Å². The van der Waals surface area contributed by atoms with E-state index < -0.39 is 0 Å². The molecule has 2 rings (SSSR count). The number of pyridine rings is 1. The lowest BCUT2D eigenvalue weighted by Gasteiger charge is -2.20. The first-order valence-electron chi connectivity index (χ1n) is 8.49. The normalized spacial score (nSPS) is 17.7. The Morgan fingerprint density at radius 3 is 2.83 bits per heavy atom. The minimum atomic E-state index is -0.244. The smallest absolute Gasteiger partial charge is 0.250 e. The van der Waals surface area contributed by atoms with E-state index in [2.05, 4.69) is 15.2 Å². The summed E-state index contributed by atoms with van der Waals surface area (Å²) in [7, 11) is 0. The van der Waals surface area contributed by atoms with Gasteiger partial charge in [-0.25, -0.2) is 0 Å². The standard InChI is InChI=1S/C17H28N4O2.HI/c1-3-18-17(20-12-9-15(22)13-20)19-10-4-5-11-21-14(2)7-6-8-16(21)23;/h6-8,15,22H,3-5,9-13H2,1-2H3,(H,18,19);1H/t15-;/m1./s1. The Morgan fingerprint density at radius 1 is 1.42 bits per heavy atom. The van der Waals surface area contributed by atoms with Crippen LogP contribution in [-0.4, -0.2) is 52.8 Å². The third kappa shape index (κ3) is 6.08. The number of halogens is 1. The molecule has 0 aromatic carbocycles. The first-order valence-corrected chi connectivity index (χ1v) is 8.49. The zero-order chi connectivity index (χ0) is 16.7. The third-order valence-corrected chi connectivity index (χ3v) is 4.12. The van der Waals surface area contributed by atoms with Crippen LogP contribution in [0.2, 0.25) is 0 Å². The first kappa shape index (κ1) is 21.0. The number of likely N-dealkylation sites (tertiary alicyclic amines) is 1. The number of aliphatic hydroxyl groups excluding tert-OH is 1. The molecule has 0 unspecified atom stereocenters. The zero-order valence-corrected chi connectivity index (χ0v) is 16.9. The number of nitrogens with zero attached hydrogens (tertiary/aromatic N) is 3. The maximum atomic E-state index is 11.8. The van der Waals surface area contributed by atoms with E-state index in [0.717, 1.165) is 57.1 Å². The summed E-state index contributed by atoms with van der Waals surface area (Å²) >= 11 is 0. The number of aliphatic hydroxyl groups is 1. The zero-order valence-electron chi connectivity index (χ0n) is 14.6. The fraction of sp³-hybridized carbons (Fsp3) is 0.647. The highest BCUT2D eigenvalue weighted by molar-refractivity contribution is 14.0. The largest absolute Gasteiger partial charge is 0.391 e. The highest BCUT2D eigenvalue weighted by Gasteiger charge is 2.22. The van der Waals surface area contributed by atoms with Gasteiger partial charge in [-0.15, -0.1) is 24.0 Å². The van der Waals surface area contributed by atoms with Gasteiger partial charge in [0.1, 0.15) is 0 Å². The van der Waals surface area contributed by atoms with Crippen LogP contribution in [0, 0.1) is 6.92 Å². The van der Waals surface area contributed by atoms with Crippen LogP contribution in [0.4, 0.5) is 0 Å². The van der Waals surface area contributed by atoms with Gasteiger partial charge in [-0.3, -0.25) is 9.79 Å². The second-order valence-corrected chi connectivity index (χ2v) is 5.99. The van der Waals surface area contributed by atoms with Gasteiger partial charge >= 0.3 is 0 Å². The van der Waals surface area contributed by atoms with Crippen molar-refractivity contribution in [2.45, 2.75) is 45.8 Å². The molecule has 1 aliphatic rings. The Hall–Kier alpha value is -1.09. The van der Waals surface area contributed by atoms with Crippen molar-refractivity contribution in [3.63, 3.8) is 0 Å². The molecule has 0 saturated carbocycles. The number of rotatable bonds is 6. The summed E-state index contributed by atoms with van der Waals surface area (Å²) in [6, 6.07) is 5.36. The van der Waals surface area contributed by atoms with Gasteiger partial charge < -0.3 is 19.9 Å². The lowest BCUT2D eigenvalue weighted by atomic mass is 10.3. The topological polar surface area (TPSA) is 69.9 Å². The van der Waals surface area contributed by atoms with Gasteiger partial charge in [-0.1, -0.05) is 6.07 Å². The molecule has 24 heavy (non-hydrogen) atoms. The molecule has 7 heteroatoms. The summed E-state index contributed by atoms with van der Waals surface area (Å²) in [6.45, 7) is 7.81. The Labute approximate surface area is 161 Å². The first-order chi connectivity index (χ1) is 11.1. The predicted molar refractivity (Wildman–Crippen MR) is 108 cm³/mol. The Balaban J connectivity index is 0.00000288. The van der Waals surface area contributed by atoms with Gasteiger partial charge in [0.15, 0.2) is 5.96 Å². The summed E-state index contributed by atoms with van der Waals surface area (Å²) in [5, 5.41) is 12.9. The van der Waals surface area contributed by atoms with E-state index in [1.807, 2.05) is 24.5 Å². The third-order valence-electron chi connectivity index (χ3n) is 4.12. The Morgan fingerprint density at radius 2 is 2.21 bits per heavy atom. The summed E-state index contributed by atoms with van der Waals surface area (Å²) < 4.78 is 1.81. The number of aryl methyl sites for hydroxylation is 1.